The molecule has 31 heavy (non-hydrogen) atoms. The first-order valence-corrected chi connectivity index (χ1v) is 10.3. The lowest BCUT2D eigenvalue weighted by atomic mass is 10.0. The Balaban J connectivity index is 1.85. The molecule has 2 amide bonds. The lowest BCUT2D eigenvalue weighted by Crippen LogP contribution is -2.35. The second-order valence-electron chi connectivity index (χ2n) is 7.13. The lowest BCUT2D eigenvalue weighted by molar-refractivity contribution is -0.120. The molecule has 0 N–H and O–H groups in total. The van der Waals surface area contributed by atoms with Crippen LogP contribution in [0.25, 0.3) is 5.57 Å². The zero-order valence-corrected chi connectivity index (χ0v) is 17.6. The molecular formula is C25H20ClFN2O2. The van der Waals surface area contributed by atoms with Crippen LogP contribution in [0.3, 0.4) is 0 Å². The third-order valence-corrected chi connectivity index (χ3v) is 5.45. The van der Waals surface area contributed by atoms with Crippen molar-refractivity contribution in [2.24, 2.45) is 0 Å². The largest absolute Gasteiger partial charge is 0.362 e. The van der Waals surface area contributed by atoms with Crippen molar-refractivity contribution in [1.82, 2.24) is 4.90 Å². The minimum absolute atomic E-state index is 0.0604. The second-order valence-corrected chi connectivity index (χ2v) is 7.56. The summed E-state index contributed by atoms with van der Waals surface area (Å²) in [6, 6.07) is 22.2. The van der Waals surface area contributed by atoms with E-state index in [0.717, 1.165) is 10.5 Å². The number of hydrogen-bond donors (Lipinski definition) is 0. The summed E-state index contributed by atoms with van der Waals surface area (Å²) in [7, 11) is 0. The maximum atomic E-state index is 14.5. The van der Waals surface area contributed by atoms with Crippen molar-refractivity contribution < 1.29 is 14.0 Å². The molecule has 0 spiro atoms. The number of halogens is 2. The molecule has 4 rings (SSSR count). The number of carbonyl (C=O) groups excluding carboxylic acids is 2. The Morgan fingerprint density at radius 3 is 2.16 bits per heavy atom. The van der Waals surface area contributed by atoms with Crippen LogP contribution in [-0.4, -0.2) is 23.3 Å². The van der Waals surface area contributed by atoms with Crippen molar-refractivity contribution in [2.75, 3.05) is 11.4 Å². The summed E-state index contributed by atoms with van der Waals surface area (Å²) in [5.41, 5.74) is 1.99. The van der Waals surface area contributed by atoms with Crippen LogP contribution >= 0.6 is 11.6 Å². The predicted molar refractivity (Wildman–Crippen MR) is 120 cm³/mol. The van der Waals surface area contributed by atoms with E-state index in [1.165, 1.54) is 18.2 Å². The molecule has 0 saturated carbocycles. The van der Waals surface area contributed by atoms with Gasteiger partial charge in [-0.2, -0.15) is 0 Å². The van der Waals surface area contributed by atoms with E-state index in [1.807, 2.05) is 42.2 Å². The van der Waals surface area contributed by atoms with Crippen molar-refractivity contribution in [3.05, 3.63) is 107 Å². The van der Waals surface area contributed by atoms with E-state index in [9.17, 15) is 14.0 Å². The van der Waals surface area contributed by atoms with E-state index in [-0.39, 0.29) is 17.0 Å². The molecule has 1 heterocycles. The fourth-order valence-electron chi connectivity index (χ4n) is 3.69. The number of para-hydroxylation sites is 1. The molecule has 0 saturated heterocycles. The average molecular weight is 435 g/mol. The number of amides is 2. The highest BCUT2D eigenvalue weighted by molar-refractivity contribution is 6.45. The molecule has 0 atom stereocenters. The van der Waals surface area contributed by atoms with Crippen molar-refractivity contribution >= 4 is 34.7 Å². The summed E-state index contributed by atoms with van der Waals surface area (Å²) in [4.78, 5) is 29.7. The molecule has 0 aromatic heterocycles. The molecule has 3 aromatic rings. The molecule has 4 nitrogen and oxygen atoms in total. The average Bonchev–Trinajstić information content (AvgIpc) is 3.04. The first-order chi connectivity index (χ1) is 15.0. The fraction of sp³-hybridized carbons (Fsp3) is 0.120. The number of imide groups is 1. The molecule has 1 aliphatic rings. The standard InChI is InChI=1S/C25H20ClFN2O2/c1-2-28(16-17-8-4-3-5-9-17)23-22(18-12-14-19(26)15-13-18)24(30)29(25(23)31)21-11-7-6-10-20(21)27/h3-15H,2,16H2,1H3. The van der Waals surface area contributed by atoms with E-state index in [4.69, 9.17) is 11.6 Å². The Hall–Kier alpha value is -3.44. The fourth-order valence-corrected chi connectivity index (χ4v) is 3.82. The third kappa shape index (κ3) is 3.97. The summed E-state index contributed by atoms with van der Waals surface area (Å²) in [5, 5.41) is 0.519. The Kier molecular flexibility index (Phi) is 5.87. The third-order valence-electron chi connectivity index (χ3n) is 5.20. The molecule has 0 bridgehead atoms. The van der Waals surface area contributed by atoms with Gasteiger partial charge in [0.15, 0.2) is 0 Å². The zero-order chi connectivity index (χ0) is 22.0. The summed E-state index contributed by atoms with van der Waals surface area (Å²) in [6.07, 6.45) is 0. The minimum atomic E-state index is -0.632. The normalized spacial score (nSPS) is 13.8. The first kappa shape index (κ1) is 20.8. The van der Waals surface area contributed by atoms with Crippen LogP contribution in [0.15, 0.2) is 84.6 Å². The molecule has 0 aliphatic carbocycles. The maximum absolute atomic E-state index is 14.5. The van der Waals surface area contributed by atoms with E-state index in [0.29, 0.717) is 23.7 Å². The van der Waals surface area contributed by atoms with Gasteiger partial charge in [-0.3, -0.25) is 9.59 Å². The highest BCUT2D eigenvalue weighted by Crippen LogP contribution is 2.36. The molecule has 0 fully saturated rings. The van der Waals surface area contributed by atoms with Gasteiger partial charge in [0, 0.05) is 18.1 Å². The number of carbonyl (C=O) groups is 2. The summed E-state index contributed by atoms with van der Waals surface area (Å²) in [6.45, 7) is 2.85. The Bertz CT molecular complexity index is 1160. The zero-order valence-electron chi connectivity index (χ0n) is 16.9. The molecule has 6 heteroatoms. The Morgan fingerprint density at radius 1 is 0.871 bits per heavy atom. The van der Waals surface area contributed by atoms with E-state index in [2.05, 4.69) is 0 Å². The van der Waals surface area contributed by atoms with Gasteiger partial charge in [0.05, 0.1) is 11.3 Å². The number of likely N-dealkylation sites (N-methyl/N-ethyl adjacent to an activating group) is 1. The monoisotopic (exact) mass is 434 g/mol. The maximum Gasteiger partial charge on any atom is 0.282 e. The van der Waals surface area contributed by atoms with Gasteiger partial charge in [0.25, 0.3) is 11.8 Å². The van der Waals surface area contributed by atoms with Gasteiger partial charge in [-0.05, 0) is 42.3 Å². The van der Waals surface area contributed by atoms with E-state index in [1.54, 1.807) is 30.3 Å². The number of rotatable bonds is 6. The van der Waals surface area contributed by atoms with Crippen molar-refractivity contribution in [2.45, 2.75) is 13.5 Å². The summed E-state index contributed by atoms with van der Waals surface area (Å²) >= 11 is 6.02. The number of anilines is 1. The van der Waals surface area contributed by atoms with Gasteiger partial charge in [-0.1, -0.05) is 66.2 Å². The van der Waals surface area contributed by atoms with Gasteiger partial charge in [-0.25, -0.2) is 9.29 Å². The SMILES string of the molecule is CCN(Cc1ccccc1)C1=C(c2ccc(Cl)cc2)C(=O)N(c2ccccc2F)C1=O. The van der Waals surface area contributed by atoms with Gasteiger partial charge < -0.3 is 4.90 Å². The van der Waals surface area contributed by atoms with Gasteiger partial charge >= 0.3 is 0 Å². The van der Waals surface area contributed by atoms with E-state index < -0.39 is 17.6 Å². The quantitative estimate of drug-likeness (QED) is 0.495. The van der Waals surface area contributed by atoms with Crippen LogP contribution in [0, 0.1) is 5.82 Å². The molecule has 156 valence electrons. The Morgan fingerprint density at radius 2 is 1.52 bits per heavy atom. The van der Waals surface area contributed by atoms with Crippen LogP contribution in [0.2, 0.25) is 5.02 Å². The topological polar surface area (TPSA) is 40.6 Å². The highest BCUT2D eigenvalue weighted by Gasteiger charge is 2.43. The molecule has 3 aromatic carbocycles. The molecule has 0 unspecified atom stereocenters. The molecule has 1 aliphatic heterocycles. The first-order valence-electron chi connectivity index (χ1n) is 9.93. The number of nitrogens with zero attached hydrogens (tertiary/aromatic N) is 2. The van der Waals surface area contributed by atoms with Crippen molar-refractivity contribution in [1.29, 1.82) is 0 Å². The molecule has 0 radical (unpaired) electrons. The molecular weight excluding hydrogens is 415 g/mol. The van der Waals surface area contributed by atoms with Crippen LogP contribution in [0.4, 0.5) is 10.1 Å². The van der Waals surface area contributed by atoms with Crippen LogP contribution < -0.4 is 4.90 Å². The van der Waals surface area contributed by atoms with Crippen molar-refractivity contribution in [3.63, 3.8) is 0 Å². The van der Waals surface area contributed by atoms with Gasteiger partial charge in [0.1, 0.15) is 11.5 Å². The Labute approximate surface area is 185 Å². The minimum Gasteiger partial charge on any atom is -0.362 e. The summed E-state index contributed by atoms with van der Waals surface area (Å²) in [5.74, 6) is -1.73. The van der Waals surface area contributed by atoms with E-state index >= 15 is 0 Å². The smallest absolute Gasteiger partial charge is 0.282 e. The van der Waals surface area contributed by atoms with Crippen LogP contribution in [0.5, 0.6) is 0 Å². The predicted octanol–water partition coefficient (Wildman–Crippen LogP) is 5.29. The highest BCUT2D eigenvalue weighted by atomic mass is 35.5. The lowest BCUT2D eigenvalue weighted by Gasteiger charge is -2.25. The van der Waals surface area contributed by atoms with Crippen molar-refractivity contribution in [3.8, 4) is 0 Å². The van der Waals surface area contributed by atoms with Gasteiger partial charge in [-0.15, -0.1) is 0 Å². The second kappa shape index (κ2) is 8.74. The van der Waals surface area contributed by atoms with Crippen LogP contribution in [0.1, 0.15) is 18.1 Å². The van der Waals surface area contributed by atoms with Crippen LogP contribution in [-0.2, 0) is 16.1 Å². The number of hydrogen-bond acceptors (Lipinski definition) is 3. The van der Waals surface area contributed by atoms with Gasteiger partial charge in [0.2, 0.25) is 0 Å². The summed E-state index contributed by atoms with van der Waals surface area (Å²) < 4.78 is 14.5. The number of benzene rings is 3.